The molecule has 0 saturated heterocycles. The molecule has 0 radical (unpaired) electrons. The Morgan fingerprint density at radius 3 is 2.71 bits per heavy atom. The molecular formula is C23H21FN4O3. The van der Waals surface area contributed by atoms with E-state index < -0.39 is 0 Å². The number of benzene rings is 2. The molecule has 0 atom stereocenters. The molecule has 1 N–H and O–H groups in total. The monoisotopic (exact) mass is 420 g/mol. The van der Waals surface area contributed by atoms with Crippen LogP contribution in [0.15, 0.2) is 65.4 Å². The number of nitrogens with one attached hydrogen (secondary N) is 1. The maximum atomic E-state index is 13.3. The Labute approximate surface area is 178 Å². The van der Waals surface area contributed by atoms with Crippen LogP contribution in [-0.2, 0) is 13.2 Å². The first-order valence-corrected chi connectivity index (χ1v) is 9.71. The molecule has 0 unspecified atom stereocenters. The third-order valence-corrected chi connectivity index (χ3v) is 4.81. The third kappa shape index (κ3) is 4.98. The van der Waals surface area contributed by atoms with Crippen LogP contribution in [0.1, 0.15) is 32.9 Å². The van der Waals surface area contributed by atoms with Gasteiger partial charge in [-0.05, 0) is 55.8 Å². The van der Waals surface area contributed by atoms with Crippen LogP contribution >= 0.6 is 0 Å². The molecular weight excluding hydrogens is 399 g/mol. The standard InChI is InChI=1S/C23H21FN4O3/c1-15-22(16(2)31-27-15)14-30-21-8-6-18(7-9-21)23(29)26-20-11-25-28(13-20)12-17-4-3-5-19(24)10-17/h3-11,13H,12,14H2,1-2H3,(H,26,29). The smallest absolute Gasteiger partial charge is 0.255 e. The van der Waals surface area contributed by atoms with Crippen molar-refractivity contribution in [3.8, 4) is 5.75 Å². The van der Waals surface area contributed by atoms with Crippen molar-refractivity contribution in [3.05, 3.63) is 94.9 Å². The number of rotatable bonds is 7. The van der Waals surface area contributed by atoms with E-state index >= 15 is 0 Å². The molecule has 0 aliphatic heterocycles. The van der Waals surface area contributed by atoms with Crippen molar-refractivity contribution in [2.75, 3.05) is 5.32 Å². The maximum Gasteiger partial charge on any atom is 0.255 e. The molecule has 158 valence electrons. The van der Waals surface area contributed by atoms with Gasteiger partial charge in [0.25, 0.3) is 5.91 Å². The number of anilines is 1. The fraction of sp³-hybridized carbons (Fsp3) is 0.174. The van der Waals surface area contributed by atoms with E-state index in [0.717, 1.165) is 22.6 Å². The average Bonchev–Trinajstić information content (AvgIpc) is 3.32. The summed E-state index contributed by atoms with van der Waals surface area (Å²) in [6.07, 6.45) is 3.25. The lowest BCUT2D eigenvalue weighted by molar-refractivity contribution is 0.102. The van der Waals surface area contributed by atoms with Gasteiger partial charge >= 0.3 is 0 Å². The molecule has 2 aromatic carbocycles. The first-order chi connectivity index (χ1) is 15.0. The molecule has 2 heterocycles. The topological polar surface area (TPSA) is 82.2 Å². The summed E-state index contributed by atoms with van der Waals surface area (Å²) in [6, 6.07) is 13.2. The molecule has 0 saturated carbocycles. The van der Waals surface area contributed by atoms with Crippen molar-refractivity contribution >= 4 is 11.6 Å². The van der Waals surface area contributed by atoms with E-state index in [4.69, 9.17) is 9.26 Å². The number of ether oxygens (including phenoxy) is 1. The van der Waals surface area contributed by atoms with Crippen LogP contribution in [0.5, 0.6) is 5.75 Å². The minimum absolute atomic E-state index is 0.262. The zero-order valence-electron chi connectivity index (χ0n) is 17.1. The summed E-state index contributed by atoms with van der Waals surface area (Å²) in [5.41, 5.74) is 3.54. The quantitative estimate of drug-likeness (QED) is 0.476. The molecule has 0 aliphatic carbocycles. The van der Waals surface area contributed by atoms with Crippen molar-refractivity contribution in [1.82, 2.24) is 14.9 Å². The van der Waals surface area contributed by atoms with Crippen LogP contribution < -0.4 is 10.1 Å². The third-order valence-electron chi connectivity index (χ3n) is 4.81. The normalized spacial score (nSPS) is 10.8. The van der Waals surface area contributed by atoms with Gasteiger partial charge in [0.2, 0.25) is 0 Å². The molecule has 4 rings (SSSR count). The molecule has 31 heavy (non-hydrogen) atoms. The number of hydrogen-bond donors (Lipinski definition) is 1. The van der Waals surface area contributed by atoms with Crippen molar-refractivity contribution in [2.45, 2.75) is 27.0 Å². The number of halogens is 1. The summed E-state index contributed by atoms with van der Waals surface area (Å²) >= 11 is 0. The van der Waals surface area contributed by atoms with Crippen molar-refractivity contribution < 1.29 is 18.4 Å². The highest BCUT2D eigenvalue weighted by molar-refractivity contribution is 6.04. The van der Waals surface area contributed by atoms with Gasteiger partial charge in [-0.15, -0.1) is 0 Å². The van der Waals surface area contributed by atoms with Gasteiger partial charge in [-0.25, -0.2) is 4.39 Å². The van der Waals surface area contributed by atoms with E-state index in [9.17, 15) is 9.18 Å². The van der Waals surface area contributed by atoms with E-state index in [-0.39, 0.29) is 11.7 Å². The zero-order chi connectivity index (χ0) is 21.8. The predicted octanol–water partition coefficient (Wildman–Crippen LogP) is 4.51. The SMILES string of the molecule is Cc1noc(C)c1COc1ccc(C(=O)Nc2cnn(Cc3cccc(F)c3)c2)cc1. The van der Waals surface area contributed by atoms with Gasteiger partial charge in [-0.3, -0.25) is 9.48 Å². The predicted molar refractivity (Wildman–Crippen MR) is 112 cm³/mol. The fourth-order valence-corrected chi connectivity index (χ4v) is 3.11. The Bertz CT molecular complexity index is 1180. The number of carbonyl (C=O) groups is 1. The minimum Gasteiger partial charge on any atom is -0.489 e. The lowest BCUT2D eigenvalue weighted by Crippen LogP contribution is -2.11. The second-order valence-corrected chi connectivity index (χ2v) is 7.13. The lowest BCUT2D eigenvalue weighted by Gasteiger charge is -2.07. The highest BCUT2D eigenvalue weighted by Gasteiger charge is 2.11. The van der Waals surface area contributed by atoms with E-state index in [0.29, 0.717) is 30.2 Å². The van der Waals surface area contributed by atoms with Crippen LogP contribution in [0.25, 0.3) is 0 Å². The molecule has 8 heteroatoms. The number of aromatic nitrogens is 3. The van der Waals surface area contributed by atoms with Gasteiger partial charge in [0.05, 0.1) is 29.7 Å². The summed E-state index contributed by atoms with van der Waals surface area (Å²) < 4.78 is 25.8. The van der Waals surface area contributed by atoms with Crippen molar-refractivity contribution in [3.63, 3.8) is 0 Å². The van der Waals surface area contributed by atoms with Crippen molar-refractivity contribution in [1.29, 1.82) is 0 Å². The molecule has 2 aromatic heterocycles. The summed E-state index contributed by atoms with van der Waals surface area (Å²) in [5.74, 6) is 0.811. The van der Waals surface area contributed by atoms with Crippen LogP contribution in [0.3, 0.4) is 0 Å². The van der Waals surface area contributed by atoms with Gasteiger partial charge in [-0.2, -0.15) is 5.10 Å². The zero-order valence-corrected chi connectivity index (χ0v) is 17.1. The van der Waals surface area contributed by atoms with Crippen LogP contribution in [-0.4, -0.2) is 20.8 Å². The average molecular weight is 420 g/mol. The highest BCUT2D eigenvalue weighted by Crippen LogP contribution is 2.19. The Hall–Kier alpha value is -3.94. The molecule has 7 nitrogen and oxygen atoms in total. The Morgan fingerprint density at radius 1 is 1.19 bits per heavy atom. The second kappa shape index (κ2) is 8.83. The van der Waals surface area contributed by atoms with Gasteiger partial charge in [0.1, 0.15) is 23.9 Å². The number of hydrogen-bond acceptors (Lipinski definition) is 5. The highest BCUT2D eigenvalue weighted by atomic mass is 19.1. The van der Waals surface area contributed by atoms with Gasteiger partial charge in [0, 0.05) is 11.8 Å². The van der Waals surface area contributed by atoms with Crippen LogP contribution in [0.2, 0.25) is 0 Å². The lowest BCUT2D eigenvalue weighted by atomic mass is 10.2. The molecule has 1 amide bonds. The Kier molecular flexibility index (Phi) is 5.79. The van der Waals surface area contributed by atoms with E-state index in [1.165, 1.54) is 12.1 Å². The van der Waals surface area contributed by atoms with E-state index in [1.54, 1.807) is 47.4 Å². The van der Waals surface area contributed by atoms with Crippen molar-refractivity contribution in [2.24, 2.45) is 0 Å². The van der Waals surface area contributed by atoms with E-state index in [2.05, 4.69) is 15.6 Å². The van der Waals surface area contributed by atoms with Gasteiger partial charge in [0.15, 0.2) is 0 Å². The molecule has 4 aromatic rings. The maximum absolute atomic E-state index is 13.3. The number of amides is 1. The van der Waals surface area contributed by atoms with Crippen LogP contribution in [0.4, 0.5) is 10.1 Å². The largest absolute Gasteiger partial charge is 0.489 e. The molecule has 0 bridgehead atoms. The first kappa shape index (κ1) is 20.3. The molecule has 0 fully saturated rings. The summed E-state index contributed by atoms with van der Waals surface area (Å²) in [6.45, 7) is 4.46. The Balaban J connectivity index is 1.34. The summed E-state index contributed by atoms with van der Waals surface area (Å²) in [7, 11) is 0. The van der Waals surface area contributed by atoms with Gasteiger partial charge < -0.3 is 14.6 Å². The number of carbonyl (C=O) groups excluding carboxylic acids is 1. The first-order valence-electron chi connectivity index (χ1n) is 9.71. The second-order valence-electron chi connectivity index (χ2n) is 7.13. The number of nitrogens with zero attached hydrogens (tertiary/aromatic N) is 3. The molecule has 0 spiro atoms. The summed E-state index contributed by atoms with van der Waals surface area (Å²) in [5, 5.41) is 10.9. The van der Waals surface area contributed by atoms with Gasteiger partial charge in [-0.1, -0.05) is 17.3 Å². The number of aryl methyl sites for hydroxylation is 2. The Morgan fingerprint density at radius 2 is 2.00 bits per heavy atom. The minimum atomic E-state index is -0.294. The summed E-state index contributed by atoms with van der Waals surface area (Å²) in [4.78, 5) is 12.5. The fourth-order valence-electron chi connectivity index (χ4n) is 3.11. The van der Waals surface area contributed by atoms with Crippen LogP contribution in [0, 0.1) is 19.7 Å². The van der Waals surface area contributed by atoms with E-state index in [1.807, 2.05) is 19.9 Å². The molecule has 0 aliphatic rings.